The minimum absolute atomic E-state index is 0.0853. The topological polar surface area (TPSA) is 51.2 Å². The number of ketones is 1. The van der Waals surface area contributed by atoms with Gasteiger partial charge < -0.3 is 0 Å². The fraction of sp³-hybridized carbons (Fsp3) is 0.308. The highest BCUT2D eigenvalue weighted by molar-refractivity contribution is 7.95. The van der Waals surface area contributed by atoms with E-state index in [0.29, 0.717) is 12.8 Å². The molecule has 0 saturated heterocycles. The second-order valence-electron chi connectivity index (χ2n) is 4.27. The second-order valence-corrected chi connectivity index (χ2v) is 6.22. The van der Waals surface area contributed by atoms with Crippen molar-refractivity contribution in [1.82, 2.24) is 0 Å². The van der Waals surface area contributed by atoms with Crippen LogP contribution in [0.4, 0.5) is 0 Å². The lowest BCUT2D eigenvalue weighted by atomic mass is 9.97. The van der Waals surface area contributed by atoms with Crippen LogP contribution in [0, 0.1) is 5.92 Å². The zero-order valence-electron chi connectivity index (χ0n) is 9.59. The summed E-state index contributed by atoms with van der Waals surface area (Å²) < 4.78 is 24.6. The second kappa shape index (κ2) is 4.45. The first-order valence-corrected chi connectivity index (χ1v) is 7.04. The van der Waals surface area contributed by atoms with E-state index in [9.17, 15) is 13.2 Å². The molecule has 0 aromatic heterocycles. The maximum absolute atomic E-state index is 12.3. The van der Waals surface area contributed by atoms with E-state index < -0.39 is 9.84 Å². The number of carbonyl (C=O) groups is 1. The lowest BCUT2D eigenvalue weighted by Crippen LogP contribution is -2.18. The summed E-state index contributed by atoms with van der Waals surface area (Å²) in [6, 6.07) is 8.25. The molecule has 1 aliphatic carbocycles. The highest BCUT2D eigenvalue weighted by atomic mass is 32.2. The molecule has 0 fully saturated rings. The molecule has 90 valence electrons. The van der Waals surface area contributed by atoms with E-state index in [2.05, 4.69) is 0 Å². The molecular formula is C13H14O3S. The van der Waals surface area contributed by atoms with E-state index in [0.717, 1.165) is 0 Å². The molecular weight excluding hydrogens is 236 g/mol. The fourth-order valence-electron chi connectivity index (χ4n) is 1.95. The Hall–Kier alpha value is -1.42. The molecule has 0 N–H and O–H groups in total. The molecule has 3 nitrogen and oxygen atoms in total. The Morgan fingerprint density at radius 3 is 2.47 bits per heavy atom. The molecule has 0 amide bonds. The van der Waals surface area contributed by atoms with Crippen LogP contribution < -0.4 is 0 Å². The van der Waals surface area contributed by atoms with E-state index in [1.165, 1.54) is 6.08 Å². The van der Waals surface area contributed by atoms with Gasteiger partial charge in [0, 0.05) is 6.42 Å². The lowest BCUT2D eigenvalue weighted by molar-refractivity contribution is -0.115. The number of hydrogen-bond donors (Lipinski definition) is 0. The molecule has 0 unspecified atom stereocenters. The van der Waals surface area contributed by atoms with Crippen LogP contribution in [0.15, 0.2) is 46.2 Å². The quantitative estimate of drug-likeness (QED) is 0.809. The largest absolute Gasteiger partial charge is 0.295 e. The Balaban J connectivity index is 2.50. The summed E-state index contributed by atoms with van der Waals surface area (Å²) >= 11 is 0. The standard InChI is InChI=1S/C13H14O3S/c1-10-7-8-11(14)9-13(10)17(15,16)12-5-3-2-4-6-12/h2-6,9-10H,7-8H2,1H3/t10-/m0/s1. The predicted molar refractivity (Wildman–Crippen MR) is 65.1 cm³/mol. The molecule has 0 heterocycles. The van der Waals surface area contributed by atoms with Crippen LogP contribution in [0.5, 0.6) is 0 Å². The molecule has 1 aliphatic rings. The zero-order chi connectivity index (χ0) is 12.5. The molecule has 0 aliphatic heterocycles. The smallest absolute Gasteiger partial charge is 0.203 e. The van der Waals surface area contributed by atoms with Crippen molar-refractivity contribution in [1.29, 1.82) is 0 Å². The van der Waals surface area contributed by atoms with Crippen molar-refractivity contribution in [2.24, 2.45) is 5.92 Å². The third-order valence-corrected chi connectivity index (χ3v) is 5.01. The summed E-state index contributed by atoms with van der Waals surface area (Å²) in [5.74, 6) is -0.185. The minimum Gasteiger partial charge on any atom is -0.295 e. The Labute approximate surface area is 101 Å². The maximum Gasteiger partial charge on any atom is 0.203 e. The average molecular weight is 250 g/mol. The van der Waals surface area contributed by atoms with Crippen LogP contribution in [0.3, 0.4) is 0 Å². The summed E-state index contributed by atoms with van der Waals surface area (Å²) in [6.07, 6.45) is 2.34. The van der Waals surface area contributed by atoms with Gasteiger partial charge in [-0.15, -0.1) is 0 Å². The molecule has 0 radical (unpaired) electrons. The van der Waals surface area contributed by atoms with Crippen molar-refractivity contribution in [3.63, 3.8) is 0 Å². The molecule has 17 heavy (non-hydrogen) atoms. The molecule has 4 heteroatoms. The first-order chi connectivity index (χ1) is 8.01. The van der Waals surface area contributed by atoms with Gasteiger partial charge in [-0.1, -0.05) is 25.1 Å². The number of allylic oxidation sites excluding steroid dienone is 2. The van der Waals surface area contributed by atoms with E-state index in [-0.39, 0.29) is 21.5 Å². The summed E-state index contributed by atoms with van der Waals surface area (Å²) in [5.41, 5.74) is 0. The minimum atomic E-state index is -3.50. The molecule has 0 spiro atoms. The van der Waals surface area contributed by atoms with Gasteiger partial charge in [0.25, 0.3) is 0 Å². The van der Waals surface area contributed by atoms with Crippen LogP contribution in [0.2, 0.25) is 0 Å². The van der Waals surface area contributed by atoms with Crippen LogP contribution in [-0.2, 0) is 14.6 Å². The third-order valence-electron chi connectivity index (χ3n) is 2.98. The Bertz CT molecular complexity index is 556. The Morgan fingerprint density at radius 1 is 1.18 bits per heavy atom. The van der Waals surface area contributed by atoms with E-state index in [1.54, 1.807) is 30.3 Å². The first kappa shape index (κ1) is 12.0. The van der Waals surface area contributed by atoms with Crippen molar-refractivity contribution in [2.45, 2.75) is 24.7 Å². The van der Waals surface area contributed by atoms with Crippen molar-refractivity contribution in [2.75, 3.05) is 0 Å². The highest BCUT2D eigenvalue weighted by Crippen LogP contribution is 2.31. The Kier molecular flexibility index (Phi) is 3.15. The maximum atomic E-state index is 12.3. The van der Waals surface area contributed by atoms with Crippen LogP contribution in [-0.4, -0.2) is 14.2 Å². The average Bonchev–Trinajstić information content (AvgIpc) is 2.33. The van der Waals surface area contributed by atoms with Crippen molar-refractivity contribution in [3.8, 4) is 0 Å². The van der Waals surface area contributed by atoms with Gasteiger partial charge >= 0.3 is 0 Å². The van der Waals surface area contributed by atoms with Crippen molar-refractivity contribution in [3.05, 3.63) is 41.3 Å². The van der Waals surface area contributed by atoms with Crippen molar-refractivity contribution >= 4 is 15.6 Å². The van der Waals surface area contributed by atoms with Gasteiger partial charge in [0.2, 0.25) is 9.84 Å². The van der Waals surface area contributed by atoms with Gasteiger partial charge in [0.05, 0.1) is 9.80 Å². The van der Waals surface area contributed by atoms with Gasteiger partial charge in [-0.05, 0) is 30.5 Å². The summed E-state index contributed by atoms with van der Waals surface area (Å²) in [7, 11) is -3.50. The Morgan fingerprint density at radius 2 is 1.82 bits per heavy atom. The summed E-state index contributed by atoms with van der Waals surface area (Å²) in [6.45, 7) is 1.85. The summed E-state index contributed by atoms with van der Waals surface area (Å²) in [4.78, 5) is 11.9. The molecule has 0 saturated carbocycles. The number of sulfone groups is 1. The normalized spacial score (nSPS) is 21.1. The lowest BCUT2D eigenvalue weighted by Gasteiger charge is -2.19. The summed E-state index contributed by atoms with van der Waals surface area (Å²) in [5, 5.41) is 0. The molecule has 2 rings (SSSR count). The van der Waals surface area contributed by atoms with Gasteiger partial charge in [-0.25, -0.2) is 8.42 Å². The number of benzene rings is 1. The SMILES string of the molecule is C[C@H]1CCC(=O)C=C1S(=O)(=O)c1ccccc1. The van der Waals surface area contributed by atoms with Gasteiger partial charge in [-0.2, -0.15) is 0 Å². The third kappa shape index (κ3) is 2.31. The number of hydrogen-bond acceptors (Lipinski definition) is 3. The first-order valence-electron chi connectivity index (χ1n) is 5.56. The van der Waals surface area contributed by atoms with E-state index in [4.69, 9.17) is 0 Å². The van der Waals surface area contributed by atoms with Gasteiger partial charge in [-0.3, -0.25) is 4.79 Å². The number of rotatable bonds is 2. The predicted octanol–water partition coefficient (Wildman–Crippen LogP) is 2.34. The van der Waals surface area contributed by atoms with E-state index in [1.807, 2.05) is 6.92 Å². The molecule has 1 atom stereocenters. The van der Waals surface area contributed by atoms with Crippen LogP contribution in [0.1, 0.15) is 19.8 Å². The zero-order valence-corrected chi connectivity index (χ0v) is 10.4. The van der Waals surface area contributed by atoms with Crippen LogP contribution in [0.25, 0.3) is 0 Å². The fourth-order valence-corrected chi connectivity index (χ4v) is 3.67. The van der Waals surface area contributed by atoms with Gasteiger partial charge in [0.1, 0.15) is 0 Å². The van der Waals surface area contributed by atoms with Crippen LogP contribution >= 0.6 is 0 Å². The monoisotopic (exact) mass is 250 g/mol. The number of carbonyl (C=O) groups excluding carboxylic acids is 1. The van der Waals surface area contributed by atoms with Gasteiger partial charge in [0.15, 0.2) is 5.78 Å². The molecule has 1 aromatic carbocycles. The molecule has 0 bridgehead atoms. The highest BCUT2D eigenvalue weighted by Gasteiger charge is 2.29. The molecule has 1 aromatic rings. The van der Waals surface area contributed by atoms with E-state index >= 15 is 0 Å². The van der Waals surface area contributed by atoms with Crippen molar-refractivity contribution < 1.29 is 13.2 Å².